The van der Waals surface area contributed by atoms with Gasteiger partial charge in [-0.15, -0.1) is 11.3 Å². The van der Waals surface area contributed by atoms with Crippen molar-refractivity contribution in [2.75, 3.05) is 0 Å². The van der Waals surface area contributed by atoms with Gasteiger partial charge in [0.2, 0.25) is 10.0 Å². The fourth-order valence-corrected chi connectivity index (χ4v) is 5.10. The molecule has 0 saturated heterocycles. The molecule has 126 valence electrons. The zero-order chi connectivity index (χ0) is 17.2. The molecule has 2 heterocycles. The predicted molar refractivity (Wildman–Crippen MR) is 101 cm³/mol. The van der Waals surface area contributed by atoms with E-state index in [2.05, 4.69) is 20.7 Å². The van der Waals surface area contributed by atoms with Crippen LogP contribution < -0.4 is 4.72 Å². The van der Waals surface area contributed by atoms with E-state index in [0.29, 0.717) is 0 Å². The van der Waals surface area contributed by atoms with Gasteiger partial charge in [0.05, 0.1) is 4.90 Å². The molecule has 2 N–H and O–H groups in total. The second-order valence-corrected chi connectivity index (χ2v) is 9.70. The topological polar surface area (TPSA) is 66.4 Å². The standard InChI is InChI=1S/C16H14BrNO3S3/c17-12-1-4-14(5-2-12)24(20,21)18-9-13-3-6-15(23-13)16(19)11-7-8-22-10-11/h1-8,10,16,18-19H,9H2. The molecule has 1 aromatic carbocycles. The monoisotopic (exact) mass is 443 g/mol. The van der Waals surface area contributed by atoms with Crippen molar-refractivity contribution < 1.29 is 13.5 Å². The van der Waals surface area contributed by atoms with Gasteiger partial charge in [-0.3, -0.25) is 0 Å². The molecule has 8 heteroatoms. The number of nitrogens with one attached hydrogen (secondary N) is 1. The number of hydrogen-bond acceptors (Lipinski definition) is 5. The molecule has 0 radical (unpaired) electrons. The molecular formula is C16H14BrNO3S3. The van der Waals surface area contributed by atoms with Crippen molar-refractivity contribution in [3.05, 3.63) is 73.0 Å². The first-order valence-corrected chi connectivity index (χ1v) is 11.0. The molecule has 2 aromatic heterocycles. The third-order valence-electron chi connectivity index (χ3n) is 3.37. The Bertz CT molecular complexity index is 902. The summed E-state index contributed by atoms with van der Waals surface area (Å²) in [6, 6.07) is 12.0. The summed E-state index contributed by atoms with van der Waals surface area (Å²) in [5, 5.41) is 14.1. The summed E-state index contributed by atoms with van der Waals surface area (Å²) >= 11 is 6.21. The van der Waals surface area contributed by atoms with Crippen molar-refractivity contribution in [1.82, 2.24) is 4.72 Å². The van der Waals surface area contributed by atoms with Gasteiger partial charge in [0.25, 0.3) is 0 Å². The lowest BCUT2D eigenvalue weighted by Crippen LogP contribution is -2.22. The van der Waals surface area contributed by atoms with Crippen molar-refractivity contribution in [1.29, 1.82) is 0 Å². The van der Waals surface area contributed by atoms with E-state index in [4.69, 9.17) is 0 Å². The zero-order valence-electron chi connectivity index (χ0n) is 12.3. The summed E-state index contributed by atoms with van der Waals surface area (Å²) in [5.74, 6) is 0. The number of thiophene rings is 2. The van der Waals surface area contributed by atoms with E-state index in [9.17, 15) is 13.5 Å². The quantitative estimate of drug-likeness (QED) is 0.601. The molecule has 0 aliphatic rings. The molecule has 0 spiro atoms. The highest BCUT2D eigenvalue weighted by Crippen LogP contribution is 2.29. The summed E-state index contributed by atoms with van der Waals surface area (Å²) in [6.45, 7) is 0.194. The summed E-state index contributed by atoms with van der Waals surface area (Å²) in [7, 11) is -3.55. The summed E-state index contributed by atoms with van der Waals surface area (Å²) < 4.78 is 28.0. The second-order valence-electron chi connectivity index (χ2n) is 5.04. The molecule has 4 nitrogen and oxygen atoms in total. The van der Waals surface area contributed by atoms with Crippen molar-refractivity contribution in [3.63, 3.8) is 0 Å². The molecule has 0 aliphatic carbocycles. The minimum atomic E-state index is -3.55. The lowest BCUT2D eigenvalue weighted by atomic mass is 10.2. The van der Waals surface area contributed by atoms with Crippen LogP contribution in [0.5, 0.6) is 0 Å². The second kappa shape index (κ2) is 7.47. The summed E-state index contributed by atoms with van der Waals surface area (Å²) in [4.78, 5) is 1.87. The molecule has 0 fully saturated rings. The van der Waals surface area contributed by atoms with Crippen LogP contribution in [0.25, 0.3) is 0 Å². The van der Waals surface area contributed by atoms with Gasteiger partial charge in [-0.2, -0.15) is 11.3 Å². The smallest absolute Gasteiger partial charge is 0.240 e. The average molecular weight is 444 g/mol. The van der Waals surface area contributed by atoms with Crippen molar-refractivity contribution in [3.8, 4) is 0 Å². The van der Waals surface area contributed by atoms with Gasteiger partial charge in [0, 0.05) is 20.8 Å². The number of rotatable bonds is 6. The van der Waals surface area contributed by atoms with E-state index in [1.807, 2.05) is 29.0 Å². The Morgan fingerprint density at radius 2 is 1.88 bits per heavy atom. The number of aliphatic hydroxyl groups is 1. The van der Waals surface area contributed by atoms with E-state index in [-0.39, 0.29) is 11.4 Å². The number of aliphatic hydroxyl groups excluding tert-OH is 1. The maximum atomic E-state index is 12.3. The fraction of sp³-hybridized carbons (Fsp3) is 0.125. The molecule has 3 rings (SSSR count). The first-order chi connectivity index (χ1) is 11.5. The molecule has 0 saturated carbocycles. The molecule has 0 amide bonds. The van der Waals surface area contributed by atoms with Crippen LogP contribution in [0.4, 0.5) is 0 Å². The third-order valence-corrected chi connectivity index (χ3v) is 7.16. The van der Waals surface area contributed by atoms with Crippen LogP contribution in [-0.2, 0) is 16.6 Å². The molecule has 0 bridgehead atoms. The van der Waals surface area contributed by atoms with Crippen LogP contribution in [-0.4, -0.2) is 13.5 Å². The Kier molecular flexibility index (Phi) is 5.53. The van der Waals surface area contributed by atoms with Gasteiger partial charge in [0.15, 0.2) is 0 Å². The number of hydrogen-bond donors (Lipinski definition) is 2. The lowest BCUT2D eigenvalue weighted by Gasteiger charge is -2.06. The first-order valence-electron chi connectivity index (χ1n) is 7.00. The van der Waals surface area contributed by atoms with Crippen molar-refractivity contribution in [2.45, 2.75) is 17.5 Å². The molecule has 1 atom stereocenters. The van der Waals surface area contributed by atoms with E-state index >= 15 is 0 Å². The Balaban J connectivity index is 1.68. The highest BCUT2D eigenvalue weighted by molar-refractivity contribution is 9.10. The van der Waals surface area contributed by atoms with Crippen molar-refractivity contribution in [2.24, 2.45) is 0 Å². The van der Waals surface area contributed by atoms with Crippen molar-refractivity contribution >= 4 is 48.6 Å². The fourth-order valence-electron chi connectivity index (χ4n) is 2.09. The van der Waals surface area contributed by atoms with Gasteiger partial charge < -0.3 is 5.11 Å². The first kappa shape index (κ1) is 17.8. The number of sulfonamides is 1. The van der Waals surface area contributed by atoms with E-state index in [1.165, 1.54) is 22.7 Å². The predicted octanol–water partition coefficient (Wildman–Crippen LogP) is 4.13. The molecule has 24 heavy (non-hydrogen) atoms. The van der Waals surface area contributed by atoms with Crippen LogP contribution in [0, 0.1) is 0 Å². The highest BCUT2D eigenvalue weighted by Gasteiger charge is 2.16. The minimum Gasteiger partial charge on any atom is -0.383 e. The van der Waals surface area contributed by atoms with E-state index in [1.54, 1.807) is 24.3 Å². The van der Waals surface area contributed by atoms with Gasteiger partial charge >= 0.3 is 0 Å². The SMILES string of the molecule is O=S(=O)(NCc1ccc(C(O)c2ccsc2)s1)c1ccc(Br)cc1. The Labute approximate surface area is 157 Å². The normalized spacial score (nSPS) is 13.1. The maximum Gasteiger partial charge on any atom is 0.240 e. The molecule has 1 unspecified atom stereocenters. The van der Waals surface area contributed by atoms with Crippen LogP contribution in [0.2, 0.25) is 0 Å². The van der Waals surface area contributed by atoms with Crippen LogP contribution in [0.15, 0.2) is 62.6 Å². The Morgan fingerprint density at radius 1 is 1.12 bits per heavy atom. The van der Waals surface area contributed by atoms with Crippen LogP contribution >= 0.6 is 38.6 Å². The lowest BCUT2D eigenvalue weighted by molar-refractivity contribution is 0.224. The number of benzene rings is 1. The average Bonchev–Trinajstić information content (AvgIpc) is 3.25. The molecule has 0 aliphatic heterocycles. The van der Waals surface area contributed by atoms with Gasteiger partial charge in [-0.1, -0.05) is 15.9 Å². The number of halogens is 1. The van der Waals surface area contributed by atoms with Crippen LogP contribution in [0.1, 0.15) is 21.4 Å². The summed E-state index contributed by atoms with van der Waals surface area (Å²) in [5.41, 5.74) is 0.851. The minimum absolute atomic E-state index is 0.194. The Hall–Kier alpha value is -1.03. The van der Waals surface area contributed by atoms with Crippen LogP contribution in [0.3, 0.4) is 0 Å². The largest absolute Gasteiger partial charge is 0.383 e. The molecular weight excluding hydrogens is 430 g/mol. The third kappa shape index (κ3) is 4.14. The maximum absolute atomic E-state index is 12.3. The zero-order valence-corrected chi connectivity index (χ0v) is 16.4. The van der Waals surface area contributed by atoms with Gasteiger partial charge in [-0.25, -0.2) is 13.1 Å². The highest BCUT2D eigenvalue weighted by atomic mass is 79.9. The van der Waals surface area contributed by atoms with E-state index < -0.39 is 16.1 Å². The van der Waals surface area contributed by atoms with Gasteiger partial charge in [0.1, 0.15) is 6.10 Å². The Morgan fingerprint density at radius 3 is 2.54 bits per heavy atom. The van der Waals surface area contributed by atoms with Gasteiger partial charge in [-0.05, 0) is 58.8 Å². The summed E-state index contributed by atoms with van der Waals surface area (Å²) in [6.07, 6.45) is -0.668. The van der Waals surface area contributed by atoms with E-state index in [0.717, 1.165) is 19.8 Å². The molecule has 3 aromatic rings.